The number of carbonyl (C=O) groups is 4. The summed E-state index contributed by atoms with van der Waals surface area (Å²) in [6.07, 6.45) is 3.33. The number of phenols is 1. The van der Waals surface area contributed by atoms with E-state index in [9.17, 15) is 24.3 Å². The lowest BCUT2D eigenvalue weighted by Gasteiger charge is -2.28. The van der Waals surface area contributed by atoms with E-state index >= 15 is 0 Å². The molecule has 1 aliphatic heterocycles. The van der Waals surface area contributed by atoms with Gasteiger partial charge in [-0.3, -0.25) is 14.4 Å². The summed E-state index contributed by atoms with van der Waals surface area (Å²) in [4.78, 5) is 51.1. The Morgan fingerprint density at radius 3 is 2.44 bits per heavy atom. The third-order valence-corrected chi connectivity index (χ3v) is 6.23. The number of nitrogens with two attached hydrogens (primary N) is 1. The summed E-state index contributed by atoms with van der Waals surface area (Å²) in [5, 5.41) is 32.5. The number of carboxylic acid groups (broad SMARTS) is 1. The van der Waals surface area contributed by atoms with Gasteiger partial charge in [-0.1, -0.05) is 12.1 Å². The van der Waals surface area contributed by atoms with Crippen molar-refractivity contribution in [1.29, 1.82) is 0 Å². The summed E-state index contributed by atoms with van der Waals surface area (Å²) in [5.74, 6) is -2.37. The lowest BCUT2D eigenvalue weighted by atomic mass is 10.0. The van der Waals surface area contributed by atoms with Crippen LogP contribution in [0.4, 0.5) is 0 Å². The van der Waals surface area contributed by atoms with Crippen LogP contribution in [0, 0.1) is 0 Å². The van der Waals surface area contributed by atoms with Crippen molar-refractivity contribution in [2.75, 3.05) is 25.2 Å². The number of benzene rings is 1. The van der Waals surface area contributed by atoms with Crippen LogP contribution in [0.5, 0.6) is 5.75 Å². The van der Waals surface area contributed by atoms with Crippen LogP contribution in [0.3, 0.4) is 0 Å². The van der Waals surface area contributed by atoms with E-state index in [2.05, 4.69) is 10.6 Å². The minimum absolute atomic E-state index is 0.105. The number of rotatable bonds is 12. The summed E-state index contributed by atoms with van der Waals surface area (Å²) in [6, 6.07) is 2.17. The largest absolute Gasteiger partial charge is 0.508 e. The number of nitrogens with one attached hydrogen (secondary N) is 2. The van der Waals surface area contributed by atoms with Crippen LogP contribution in [0.25, 0.3) is 0 Å². The van der Waals surface area contributed by atoms with Crippen molar-refractivity contribution in [3.63, 3.8) is 0 Å². The van der Waals surface area contributed by atoms with E-state index in [0.29, 0.717) is 25.1 Å². The Balaban J connectivity index is 2.05. The Bertz CT molecular complexity index is 867. The Morgan fingerprint density at radius 1 is 1.18 bits per heavy atom. The Kier molecular flexibility index (Phi) is 10.6. The average Bonchev–Trinajstić information content (AvgIpc) is 3.30. The highest BCUT2D eigenvalue weighted by Crippen LogP contribution is 2.20. The maximum atomic E-state index is 13.0. The van der Waals surface area contributed by atoms with E-state index in [1.54, 1.807) is 12.1 Å². The highest BCUT2D eigenvalue weighted by molar-refractivity contribution is 7.98. The number of amides is 3. The maximum Gasteiger partial charge on any atom is 0.328 e. The maximum absolute atomic E-state index is 13.0. The molecule has 0 spiro atoms. The van der Waals surface area contributed by atoms with Crippen LogP contribution in [0.1, 0.15) is 24.8 Å². The smallest absolute Gasteiger partial charge is 0.328 e. The zero-order valence-electron chi connectivity index (χ0n) is 19.0. The van der Waals surface area contributed by atoms with Gasteiger partial charge in [-0.15, -0.1) is 0 Å². The fourth-order valence-corrected chi connectivity index (χ4v) is 4.19. The number of thioether (sulfide) groups is 1. The second-order valence-electron chi connectivity index (χ2n) is 8.09. The zero-order valence-corrected chi connectivity index (χ0v) is 19.8. The molecule has 0 radical (unpaired) electrons. The molecule has 0 saturated carbocycles. The second kappa shape index (κ2) is 13.2. The quantitative estimate of drug-likeness (QED) is 0.212. The van der Waals surface area contributed by atoms with Crippen molar-refractivity contribution < 1.29 is 34.5 Å². The van der Waals surface area contributed by atoms with Crippen LogP contribution in [-0.4, -0.2) is 93.2 Å². The number of nitrogens with zero attached hydrogens (tertiary/aromatic N) is 1. The molecule has 0 bridgehead atoms. The van der Waals surface area contributed by atoms with E-state index in [1.807, 2.05) is 6.26 Å². The van der Waals surface area contributed by atoms with Gasteiger partial charge in [0.15, 0.2) is 0 Å². The van der Waals surface area contributed by atoms with Gasteiger partial charge in [0.05, 0.1) is 12.6 Å². The van der Waals surface area contributed by atoms with Crippen molar-refractivity contribution in [2.24, 2.45) is 5.73 Å². The molecule has 4 atom stereocenters. The Labute approximate surface area is 202 Å². The molecular formula is C22H32N4O7S. The molecule has 3 amide bonds. The number of hydrogen-bond donors (Lipinski definition) is 6. The summed E-state index contributed by atoms with van der Waals surface area (Å²) in [7, 11) is 0. The van der Waals surface area contributed by atoms with Crippen molar-refractivity contribution in [3.05, 3.63) is 29.8 Å². The molecule has 1 aromatic carbocycles. The molecule has 12 heteroatoms. The SMILES string of the molecule is CSCCC(NC(=O)C1CCCN1C(=O)C(N)Cc1ccc(O)cc1)C(=O)NC(CO)C(=O)O. The first-order valence-electron chi connectivity index (χ1n) is 10.9. The Morgan fingerprint density at radius 2 is 1.85 bits per heavy atom. The second-order valence-corrected chi connectivity index (χ2v) is 9.08. The van der Waals surface area contributed by atoms with Gasteiger partial charge in [0.25, 0.3) is 0 Å². The predicted octanol–water partition coefficient (Wildman–Crippen LogP) is -0.947. The van der Waals surface area contributed by atoms with Crippen LogP contribution in [0.15, 0.2) is 24.3 Å². The highest BCUT2D eigenvalue weighted by atomic mass is 32.2. The number of likely N-dealkylation sites (tertiary alicyclic amines) is 1. The molecular weight excluding hydrogens is 464 g/mol. The monoisotopic (exact) mass is 496 g/mol. The molecule has 1 aromatic rings. The standard InChI is InChI=1S/C22H32N4O7S/c1-34-10-8-16(19(29)25-17(12-27)22(32)33)24-20(30)18-3-2-9-26(18)21(31)15(23)11-13-4-6-14(28)7-5-13/h4-7,15-18,27-28H,2-3,8-12,23H2,1H3,(H,24,30)(H,25,29)(H,32,33). The third kappa shape index (κ3) is 7.61. The molecule has 34 heavy (non-hydrogen) atoms. The van der Waals surface area contributed by atoms with Crippen LogP contribution < -0.4 is 16.4 Å². The summed E-state index contributed by atoms with van der Waals surface area (Å²) in [6.45, 7) is -0.429. The van der Waals surface area contributed by atoms with Crippen LogP contribution >= 0.6 is 11.8 Å². The van der Waals surface area contributed by atoms with E-state index in [1.165, 1.54) is 28.8 Å². The minimum atomic E-state index is -1.48. The first-order valence-corrected chi connectivity index (χ1v) is 12.3. The van der Waals surface area contributed by atoms with Crippen molar-refractivity contribution in [1.82, 2.24) is 15.5 Å². The molecule has 1 heterocycles. The van der Waals surface area contributed by atoms with Crippen molar-refractivity contribution in [2.45, 2.75) is 49.9 Å². The molecule has 2 rings (SSSR count). The lowest BCUT2D eigenvalue weighted by molar-refractivity contribution is -0.144. The number of aliphatic hydroxyl groups excluding tert-OH is 1. The first-order chi connectivity index (χ1) is 16.2. The average molecular weight is 497 g/mol. The van der Waals surface area contributed by atoms with Gasteiger partial charge in [-0.2, -0.15) is 11.8 Å². The van der Waals surface area contributed by atoms with Gasteiger partial charge >= 0.3 is 5.97 Å². The number of aliphatic hydroxyl groups is 1. The van der Waals surface area contributed by atoms with E-state index < -0.39 is 48.6 Å². The number of phenolic OH excluding ortho intramolecular Hbond substituents is 1. The predicted molar refractivity (Wildman–Crippen MR) is 126 cm³/mol. The molecule has 188 valence electrons. The molecule has 1 aliphatic rings. The topological polar surface area (TPSA) is 182 Å². The third-order valence-electron chi connectivity index (χ3n) is 5.59. The summed E-state index contributed by atoms with van der Waals surface area (Å²) >= 11 is 1.46. The Hall–Kier alpha value is -2.83. The normalized spacial score (nSPS) is 18.1. The van der Waals surface area contributed by atoms with Gasteiger partial charge in [0, 0.05) is 6.54 Å². The number of carboxylic acids is 1. The van der Waals surface area contributed by atoms with Gasteiger partial charge < -0.3 is 36.6 Å². The number of hydrogen-bond acceptors (Lipinski definition) is 8. The highest BCUT2D eigenvalue weighted by Gasteiger charge is 2.37. The van der Waals surface area contributed by atoms with Crippen molar-refractivity contribution >= 4 is 35.5 Å². The first kappa shape index (κ1) is 27.4. The summed E-state index contributed by atoms with van der Waals surface area (Å²) in [5.41, 5.74) is 6.88. The molecule has 11 nitrogen and oxygen atoms in total. The van der Waals surface area contributed by atoms with E-state index in [4.69, 9.17) is 15.9 Å². The molecule has 4 unspecified atom stereocenters. The van der Waals surface area contributed by atoms with Crippen molar-refractivity contribution in [3.8, 4) is 5.75 Å². The van der Waals surface area contributed by atoms with Crippen LogP contribution in [-0.2, 0) is 25.6 Å². The molecule has 7 N–H and O–H groups in total. The van der Waals surface area contributed by atoms with E-state index in [0.717, 1.165) is 5.56 Å². The molecule has 0 aromatic heterocycles. The molecule has 0 aliphatic carbocycles. The fraction of sp³-hybridized carbons (Fsp3) is 0.545. The number of aromatic hydroxyl groups is 1. The fourth-order valence-electron chi connectivity index (χ4n) is 3.72. The van der Waals surface area contributed by atoms with Gasteiger partial charge in [0.1, 0.15) is 23.9 Å². The number of aliphatic carboxylic acids is 1. The van der Waals surface area contributed by atoms with E-state index in [-0.39, 0.29) is 24.5 Å². The van der Waals surface area contributed by atoms with Gasteiger partial charge in [0.2, 0.25) is 17.7 Å². The molecule has 1 fully saturated rings. The van der Waals surface area contributed by atoms with Gasteiger partial charge in [-0.25, -0.2) is 4.79 Å². The molecule has 1 saturated heterocycles. The van der Waals surface area contributed by atoms with Gasteiger partial charge in [-0.05, 0) is 55.4 Å². The minimum Gasteiger partial charge on any atom is -0.508 e. The van der Waals surface area contributed by atoms with Crippen LogP contribution in [0.2, 0.25) is 0 Å². The number of carbonyl (C=O) groups excluding carboxylic acids is 3. The zero-order chi connectivity index (χ0) is 25.3. The lowest BCUT2D eigenvalue weighted by Crippen LogP contribution is -2.57. The summed E-state index contributed by atoms with van der Waals surface area (Å²) < 4.78 is 0.